The van der Waals surface area contributed by atoms with Crippen LogP contribution in [-0.2, 0) is 6.54 Å². The second kappa shape index (κ2) is 3.75. The molecule has 13 heavy (non-hydrogen) atoms. The molecule has 2 heterocycles. The molecule has 1 unspecified atom stereocenters. The standard InChI is InChI=1S/C10H15N3/c1-2-5-13-8-10(7-12-13)9-3-4-11-6-9/h2,7-9,11H,1,3-6H2. The third-order valence-electron chi connectivity index (χ3n) is 2.50. The summed E-state index contributed by atoms with van der Waals surface area (Å²) in [6.07, 6.45) is 7.20. The van der Waals surface area contributed by atoms with Gasteiger partial charge in [0.15, 0.2) is 0 Å². The van der Waals surface area contributed by atoms with Crippen LogP contribution >= 0.6 is 0 Å². The van der Waals surface area contributed by atoms with Crippen LogP contribution < -0.4 is 5.32 Å². The van der Waals surface area contributed by atoms with Crippen molar-refractivity contribution >= 4 is 0 Å². The van der Waals surface area contributed by atoms with Crippen LogP contribution in [0.4, 0.5) is 0 Å². The molecular formula is C10H15N3. The highest BCUT2D eigenvalue weighted by atomic mass is 15.3. The Morgan fingerprint density at radius 1 is 1.77 bits per heavy atom. The zero-order valence-corrected chi connectivity index (χ0v) is 7.74. The highest BCUT2D eigenvalue weighted by Gasteiger charge is 2.17. The molecule has 0 bridgehead atoms. The lowest BCUT2D eigenvalue weighted by atomic mass is 10.0. The predicted octanol–water partition coefficient (Wildman–Crippen LogP) is 1.15. The summed E-state index contributed by atoms with van der Waals surface area (Å²) >= 11 is 0. The Morgan fingerprint density at radius 3 is 3.38 bits per heavy atom. The van der Waals surface area contributed by atoms with Crippen molar-refractivity contribution in [2.75, 3.05) is 13.1 Å². The number of rotatable bonds is 3. The Kier molecular flexibility index (Phi) is 2.45. The first-order valence-corrected chi connectivity index (χ1v) is 4.74. The third-order valence-corrected chi connectivity index (χ3v) is 2.50. The van der Waals surface area contributed by atoms with Crippen LogP contribution in [0.5, 0.6) is 0 Å². The van der Waals surface area contributed by atoms with Crippen LogP contribution in [0.25, 0.3) is 0 Å². The van der Waals surface area contributed by atoms with Crippen LogP contribution in [0, 0.1) is 0 Å². The van der Waals surface area contributed by atoms with E-state index in [2.05, 4.69) is 23.2 Å². The average Bonchev–Trinajstić information content (AvgIpc) is 2.70. The number of hydrogen-bond donors (Lipinski definition) is 1. The number of allylic oxidation sites excluding steroid dienone is 1. The largest absolute Gasteiger partial charge is 0.316 e. The highest BCUT2D eigenvalue weighted by Crippen LogP contribution is 2.21. The van der Waals surface area contributed by atoms with Gasteiger partial charge < -0.3 is 5.32 Å². The van der Waals surface area contributed by atoms with Crippen molar-refractivity contribution in [3.05, 3.63) is 30.6 Å². The summed E-state index contributed by atoms with van der Waals surface area (Å²) in [7, 11) is 0. The molecule has 1 aromatic rings. The van der Waals surface area contributed by atoms with E-state index in [-0.39, 0.29) is 0 Å². The molecule has 3 heteroatoms. The van der Waals surface area contributed by atoms with Crippen LogP contribution in [-0.4, -0.2) is 22.9 Å². The monoisotopic (exact) mass is 177 g/mol. The van der Waals surface area contributed by atoms with Gasteiger partial charge in [0.05, 0.1) is 12.7 Å². The minimum atomic E-state index is 0.665. The number of nitrogens with zero attached hydrogens (tertiary/aromatic N) is 2. The Bertz CT molecular complexity index is 284. The van der Waals surface area contributed by atoms with Gasteiger partial charge in [-0.3, -0.25) is 4.68 Å². The smallest absolute Gasteiger partial charge is 0.0587 e. The van der Waals surface area contributed by atoms with E-state index in [1.54, 1.807) is 0 Å². The molecule has 1 atom stereocenters. The van der Waals surface area contributed by atoms with Gasteiger partial charge in [-0.2, -0.15) is 5.10 Å². The summed E-state index contributed by atoms with van der Waals surface area (Å²) < 4.78 is 1.93. The highest BCUT2D eigenvalue weighted by molar-refractivity contribution is 5.13. The maximum absolute atomic E-state index is 4.27. The Morgan fingerprint density at radius 2 is 2.69 bits per heavy atom. The van der Waals surface area contributed by atoms with E-state index in [9.17, 15) is 0 Å². The summed E-state index contributed by atoms with van der Waals surface area (Å²) in [4.78, 5) is 0. The normalized spacial score (nSPS) is 22.0. The van der Waals surface area contributed by atoms with Crippen LogP contribution in [0.3, 0.4) is 0 Å². The molecule has 1 saturated heterocycles. The fraction of sp³-hybridized carbons (Fsp3) is 0.500. The Hall–Kier alpha value is -1.09. The van der Waals surface area contributed by atoms with E-state index in [0.717, 1.165) is 19.6 Å². The molecular weight excluding hydrogens is 162 g/mol. The molecule has 0 amide bonds. The van der Waals surface area contributed by atoms with Gasteiger partial charge in [-0.05, 0) is 18.5 Å². The maximum atomic E-state index is 4.27. The molecule has 1 fully saturated rings. The lowest BCUT2D eigenvalue weighted by Gasteiger charge is -2.02. The van der Waals surface area contributed by atoms with Crippen molar-refractivity contribution in [1.82, 2.24) is 15.1 Å². The lowest BCUT2D eigenvalue weighted by molar-refractivity contribution is 0.698. The summed E-state index contributed by atoms with van der Waals surface area (Å²) in [6, 6.07) is 0. The average molecular weight is 177 g/mol. The molecule has 1 aliphatic heterocycles. The minimum Gasteiger partial charge on any atom is -0.316 e. The summed E-state index contributed by atoms with van der Waals surface area (Å²) in [5.41, 5.74) is 1.35. The molecule has 0 spiro atoms. The number of hydrogen-bond acceptors (Lipinski definition) is 2. The topological polar surface area (TPSA) is 29.9 Å². The lowest BCUT2D eigenvalue weighted by Crippen LogP contribution is -2.07. The van der Waals surface area contributed by atoms with Gasteiger partial charge in [0.2, 0.25) is 0 Å². The molecule has 1 N–H and O–H groups in total. The predicted molar refractivity (Wildman–Crippen MR) is 52.7 cm³/mol. The van der Waals surface area contributed by atoms with Crippen molar-refractivity contribution in [3.8, 4) is 0 Å². The summed E-state index contributed by atoms with van der Waals surface area (Å²) in [5, 5.41) is 7.62. The molecule has 0 aliphatic carbocycles. The SMILES string of the molecule is C=CCn1cc(C2CCNC2)cn1. The third kappa shape index (κ3) is 1.80. The van der Waals surface area contributed by atoms with Gasteiger partial charge in [0.25, 0.3) is 0 Å². The fourth-order valence-electron chi connectivity index (χ4n) is 1.76. The second-order valence-corrected chi connectivity index (χ2v) is 3.47. The quantitative estimate of drug-likeness (QED) is 0.702. The molecule has 0 aromatic carbocycles. The Labute approximate surface area is 78.4 Å². The van der Waals surface area contributed by atoms with Crippen molar-refractivity contribution in [3.63, 3.8) is 0 Å². The zero-order valence-electron chi connectivity index (χ0n) is 7.74. The van der Waals surface area contributed by atoms with Crippen LogP contribution in [0.1, 0.15) is 17.9 Å². The molecule has 1 aromatic heterocycles. The van der Waals surface area contributed by atoms with Crippen molar-refractivity contribution in [1.29, 1.82) is 0 Å². The molecule has 2 rings (SSSR count). The maximum Gasteiger partial charge on any atom is 0.0587 e. The van der Waals surface area contributed by atoms with Crippen molar-refractivity contribution in [2.24, 2.45) is 0 Å². The molecule has 0 radical (unpaired) electrons. The van der Waals surface area contributed by atoms with Gasteiger partial charge in [-0.25, -0.2) is 0 Å². The summed E-state index contributed by atoms with van der Waals surface area (Å²) in [6.45, 7) is 6.73. The second-order valence-electron chi connectivity index (χ2n) is 3.47. The first kappa shape index (κ1) is 8.51. The number of aromatic nitrogens is 2. The first-order chi connectivity index (χ1) is 6.40. The van der Waals surface area contributed by atoms with Crippen molar-refractivity contribution in [2.45, 2.75) is 18.9 Å². The van der Waals surface area contributed by atoms with E-state index in [1.807, 2.05) is 17.0 Å². The zero-order chi connectivity index (χ0) is 9.10. The molecule has 1 aliphatic rings. The van der Waals surface area contributed by atoms with Gasteiger partial charge in [-0.1, -0.05) is 6.08 Å². The van der Waals surface area contributed by atoms with E-state index in [0.29, 0.717) is 5.92 Å². The first-order valence-electron chi connectivity index (χ1n) is 4.74. The van der Waals surface area contributed by atoms with Crippen LogP contribution in [0.15, 0.2) is 25.0 Å². The Balaban J connectivity index is 2.07. The van der Waals surface area contributed by atoms with E-state index >= 15 is 0 Å². The van der Waals surface area contributed by atoms with Gasteiger partial charge in [0.1, 0.15) is 0 Å². The summed E-state index contributed by atoms with van der Waals surface area (Å²) in [5.74, 6) is 0.665. The van der Waals surface area contributed by atoms with E-state index in [1.165, 1.54) is 12.0 Å². The molecule has 3 nitrogen and oxygen atoms in total. The fourth-order valence-corrected chi connectivity index (χ4v) is 1.76. The molecule has 0 saturated carbocycles. The minimum absolute atomic E-state index is 0.665. The van der Waals surface area contributed by atoms with Crippen molar-refractivity contribution < 1.29 is 0 Å². The molecule has 70 valence electrons. The van der Waals surface area contributed by atoms with E-state index in [4.69, 9.17) is 0 Å². The van der Waals surface area contributed by atoms with E-state index < -0.39 is 0 Å². The van der Waals surface area contributed by atoms with Gasteiger partial charge in [-0.15, -0.1) is 6.58 Å². The van der Waals surface area contributed by atoms with Crippen LogP contribution in [0.2, 0.25) is 0 Å². The number of nitrogens with one attached hydrogen (secondary N) is 1. The van der Waals surface area contributed by atoms with Gasteiger partial charge in [0, 0.05) is 18.7 Å². The van der Waals surface area contributed by atoms with Gasteiger partial charge >= 0.3 is 0 Å².